The van der Waals surface area contributed by atoms with Crippen molar-refractivity contribution in [3.8, 4) is 0 Å². The molecular weight excluding hydrogens is 178 g/mol. The molecule has 0 aliphatic carbocycles. The van der Waals surface area contributed by atoms with Crippen LogP contribution in [0.5, 0.6) is 0 Å². The van der Waals surface area contributed by atoms with Gasteiger partial charge < -0.3 is 5.32 Å². The number of nitrogens with one attached hydrogen (secondary N) is 2. The summed E-state index contributed by atoms with van der Waals surface area (Å²) in [7, 11) is 0. The third-order valence-corrected chi connectivity index (χ3v) is 2.48. The van der Waals surface area contributed by atoms with Gasteiger partial charge in [-0.3, -0.25) is 10.1 Å². The zero-order chi connectivity index (χ0) is 9.38. The van der Waals surface area contributed by atoms with Gasteiger partial charge in [0.25, 0.3) is 0 Å². The van der Waals surface area contributed by atoms with Crippen LogP contribution in [0.3, 0.4) is 0 Å². The number of nitrogens with zero attached hydrogens (tertiary/aromatic N) is 3. The smallest absolute Gasteiger partial charge is 0.117 e. The first-order valence-electron chi connectivity index (χ1n) is 4.46. The molecule has 3 rings (SSSR count). The van der Waals surface area contributed by atoms with Gasteiger partial charge in [0, 0.05) is 11.8 Å². The van der Waals surface area contributed by atoms with Crippen molar-refractivity contribution in [1.82, 2.24) is 15.5 Å². The Morgan fingerprint density at radius 1 is 1.36 bits per heavy atom. The van der Waals surface area contributed by atoms with Crippen LogP contribution in [0.1, 0.15) is 11.6 Å². The molecule has 0 bridgehead atoms. The molecular formula is C9H9N5. The third kappa shape index (κ3) is 0.985. The first-order valence-corrected chi connectivity index (χ1v) is 4.46. The van der Waals surface area contributed by atoms with Crippen molar-refractivity contribution in [2.24, 2.45) is 15.9 Å². The minimum absolute atomic E-state index is 0.104. The van der Waals surface area contributed by atoms with E-state index in [4.69, 9.17) is 0 Å². The summed E-state index contributed by atoms with van der Waals surface area (Å²) >= 11 is 0. The van der Waals surface area contributed by atoms with Gasteiger partial charge in [-0.25, -0.2) is 4.99 Å². The molecule has 5 nitrogen and oxygen atoms in total. The maximum atomic E-state index is 4.35. The fourth-order valence-corrected chi connectivity index (χ4v) is 1.78. The van der Waals surface area contributed by atoms with E-state index in [9.17, 15) is 0 Å². The molecule has 2 N–H and O–H groups in total. The molecule has 0 aromatic carbocycles. The molecule has 3 heterocycles. The van der Waals surface area contributed by atoms with Crippen LogP contribution in [0.15, 0.2) is 34.7 Å². The second-order valence-corrected chi connectivity index (χ2v) is 3.28. The average Bonchev–Trinajstić information content (AvgIpc) is 2.88. The van der Waals surface area contributed by atoms with Crippen LogP contribution in [0, 0.1) is 5.92 Å². The summed E-state index contributed by atoms with van der Waals surface area (Å²) < 4.78 is 0. The summed E-state index contributed by atoms with van der Waals surface area (Å²) in [6.07, 6.45) is 9.26. The van der Waals surface area contributed by atoms with Crippen molar-refractivity contribution >= 4 is 12.2 Å². The molecule has 1 aromatic rings. The van der Waals surface area contributed by atoms with Crippen molar-refractivity contribution in [3.05, 3.63) is 30.2 Å². The Bertz CT molecular complexity index is 414. The fourth-order valence-electron chi connectivity index (χ4n) is 1.78. The molecule has 5 heteroatoms. The van der Waals surface area contributed by atoms with Gasteiger partial charge in [-0.05, 0) is 6.20 Å². The van der Waals surface area contributed by atoms with Crippen LogP contribution >= 0.6 is 0 Å². The van der Waals surface area contributed by atoms with Crippen LogP contribution in [-0.2, 0) is 0 Å². The molecule has 0 fully saturated rings. The molecule has 0 saturated carbocycles. The molecule has 14 heavy (non-hydrogen) atoms. The average molecular weight is 187 g/mol. The van der Waals surface area contributed by atoms with Crippen molar-refractivity contribution in [1.29, 1.82) is 0 Å². The number of rotatable bonds is 1. The van der Waals surface area contributed by atoms with Crippen molar-refractivity contribution in [2.45, 2.75) is 6.04 Å². The van der Waals surface area contributed by atoms with Gasteiger partial charge in [0.05, 0.1) is 18.2 Å². The third-order valence-electron chi connectivity index (χ3n) is 2.48. The molecule has 2 aliphatic rings. The van der Waals surface area contributed by atoms with Gasteiger partial charge >= 0.3 is 0 Å². The number of aromatic amines is 1. The first kappa shape index (κ1) is 7.49. The maximum Gasteiger partial charge on any atom is 0.117 e. The monoisotopic (exact) mass is 187 g/mol. The van der Waals surface area contributed by atoms with Gasteiger partial charge in [-0.2, -0.15) is 5.10 Å². The second kappa shape index (κ2) is 2.80. The van der Waals surface area contributed by atoms with E-state index in [0.717, 1.165) is 11.4 Å². The topological polar surface area (TPSA) is 65.4 Å². The summed E-state index contributed by atoms with van der Waals surface area (Å²) in [4.78, 5) is 8.52. The lowest BCUT2D eigenvalue weighted by Crippen LogP contribution is -2.26. The SMILES string of the molecule is C1=CC2C(=NC=NC2c2cn[nH]c2)N1. The Balaban J connectivity index is 1.98. The second-order valence-electron chi connectivity index (χ2n) is 3.28. The number of amidine groups is 1. The van der Waals surface area contributed by atoms with Gasteiger partial charge in [0.2, 0.25) is 0 Å². The summed E-state index contributed by atoms with van der Waals surface area (Å²) in [5.74, 6) is 1.20. The molecule has 0 amide bonds. The summed E-state index contributed by atoms with van der Waals surface area (Å²) in [6.45, 7) is 0. The molecule has 2 aliphatic heterocycles. The minimum Gasteiger partial charge on any atom is -0.350 e. The van der Waals surface area contributed by atoms with Crippen molar-refractivity contribution < 1.29 is 0 Å². The minimum atomic E-state index is 0.104. The van der Waals surface area contributed by atoms with E-state index in [1.807, 2.05) is 12.4 Å². The Morgan fingerprint density at radius 2 is 2.36 bits per heavy atom. The highest BCUT2D eigenvalue weighted by molar-refractivity contribution is 5.96. The molecule has 2 unspecified atom stereocenters. The Morgan fingerprint density at radius 3 is 3.21 bits per heavy atom. The molecule has 1 aromatic heterocycles. The number of aromatic nitrogens is 2. The van der Waals surface area contributed by atoms with E-state index in [1.165, 1.54) is 0 Å². The zero-order valence-corrected chi connectivity index (χ0v) is 7.38. The van der Waals surface area contributed by atoms with Gasteiger partial charge in [0.15, 0.2) is 0 Å². The number of hydrogen-bond acceptors (Lipinski definition) is 4. The van der Waals surface area contributed by atoms with E-state index < -0.39 is 0 Å². The summed E-state index contributed by atoms with van der Waals surface area (Å²) in [5, 5.41) is 9.82. The van der Waals surface area contributed by atoms with E-state index in [0.29, 0.717) is 0 Å². The highest BCUT2D eigenvalue weighted by Gasteiger charge is 2.30. The summed E-state index contributed by atoms with van der Waals surface area (Å²) in [5.41, 5.74) is 1.09. The Hall–Kier alpha value is -1.91. The molecule has 2 atom stereocenters. The van der Waals surface area contributed by atoms with Crippen LogP contribution in [0.2, 0.25) is 0 Å². The molecule has 0 radical (unpaired) electrons. The fraction of sp³-hybridized carbons (Fsp3) is 0.222. The van der Waals surface area contributed by atoms with Crippen molar-refractivity contribution in [2.75, 3.05) is 0 Å². The highest BCUT2D eigenvalue weighted by atomic mass is 15.1. The molecule has 70 valence electrons. The van der Waals surface area contributed by atoms with Crippen LogP contribution in [0.4, 0.5) is 0 Å². The van der Waals surface area contributed by atoms with Gasteiger partial charge in [0.1, 0.15) is 12.2 Å². The highest BCUT2D eigenvalue weighted by Crippen LogP contribution is 2.30. The summed E-state index contributed by atoms with van der Waals surface area (Å²) in [6, 6.07) is 0.104. The first-order chi connectivity index (χ1) is 6.95. The van der Waals surface area contributed by atoms with Gasteiger partial charge in [-0.1, -0.05) is 6.08 Å². The maximum absolute atomic E-state index is 4.35. The lowest BCUT2D eigenvalue weighted by molar-refractivity contribution is 0.646. The van der Waals surface area contributed by atoms with Gasteiger partial charge in [-0.15, -0.1) is 0 Å². The molecule has 0 saturated heterocycles. The number of H-pyrrole nitrogens is 1. The van der Waals surface area contributed by atoms with Crippen LogP contribution < -0.4 is 5.32 Å². The van der Waals surface area contributed by atoms with E-state index in [1.54, 1.807) is 12.5 Å². The Kier molecular flexibility index (Phi) is 1.50. The Labute approximate surface area is 80.7 Å². The lowest BCUT2D eigenvalue weighted by atomic mass is 9.95. The van der Waals surface area contributed by atoms with Crippen molar-refractivity contribution in [3.63, 3.8) is 0 Å². The number of aliphatic imine (C=N–C) groups is 2. The zero-order valence-electron chi connectivity index (χ0n) is 7.38. The van der Waals surface area contributed by atoms with E-state index in [-0.39, 0.29) is 12.0 Å². The molecule has 0 spiro atoms. The number of fused-ring (bicyclic) bond motifs is 1. The van der Waals surface area contributed by atoms with E-state index in [2.05, 4.69) is 31.6 Å². The quantitative estimate of drug-likeness (QED) is 0.677. The predicted octanol–water partition coefficient (Wildman–Crippen LogP) is 0.624. The number of hydrogen-bond donors (Lipinski definition) is 2. The van der Waals surface area contributed by atoms with E-state index >= 15 is 0 Å². The van der Waals surface area contributed by atoms with Crippen LogP contribution in [0.25, 0.3) is 0 Å². The predicted molar refractivity (Wildman–Crippen MR) is 53.0 cm³/mol. The van der Waals surface area contributed by atoms with Crippen LogP contribution in [-0.4, -0.2) is 22.4 Å². The normalized spacial score (nSPS) is 28.4. The standard InChI is InChI=1S/C9H9N5/c1-2-10-9-7(1)8(11-5-12-9)6-3-13-14-4-6/h1-5,7-8H,(H,13,14)(H,10,11,12). The largest absolute Gasteiger partial charge is 0.350 e. The lowest BCUT2D eigenvalue weighted by Gasteiger charge is -2.19.